The van der Waals surface area contributed by atoms with Crippen LogP contribution in [0.25, 0.3) is 0 Å². The Hall–Kier alpha value is -3.36. The quantitative estimate of drug-likeness (QED) is 0.398. The molecule has 3 aromatic carbocycles. The molecule has 2 amide bonds. The van der Waals surface area contributed by atoms with Gasteiger partial charge in [0.15, 0.2) is 0 Å². The van der Waals surface area contributed by atoms with E-state index >= 15 is 0 Å². The first-order chi connectivity index (χ1) is 17.2. The van der Waals surface area contributed by atoms with Crippen LogP contribution in [0.4, 0.5) is 5.69 Å². The number of amides is 2. The van der Waals surface area contributed by atoms with Gasteiger partial charge in [0.05, 0.1) is 10.6 Å². The summed E-state index contributed by atoms with van der Waals surface area (Å²) in [5.74, 6) is -0.821. The van der Waals surface area contributed by atoms with Crippen LogP contribution in [0, 0.1) is 0 Å². The fraction of sp³-hybridized carbons (Fsp3) is 0.259. The van der Waals surface area contributed by atoms with Crippen molar-refractivity contribution in [2.24, 2.45) is 0 Å². The monoisotopic (exact) mass is 527 g/mol. The highest BCUT2D eigenvalue weighted by Gasteiger charge is 2.32. The summed E-state index contributed by atoms with van der Waals surface area (Å²) >= 11 is 6.16. The first-order valence-corrected chi connectivity index (χ1v) is 13.5. The van der Waals surface area contributed by atoms with E-state index in [1.807, 2.05) is 37.3 Å². The van der Waals surface area contributed by atoms with E-state index in [9.17, 15) is 18.0 Å². The SMILES string of the molecule is CCCNC(=O)[C@H](C)N(Cc1ccccc1)C(=O)CN(c1cccc(Cl)c1)S(=O)(=O)c1ccccc1. The third kappa shape index (κ3) is 6.86. The molecule has 0 spiro atoms. The van der Waals surface area contributed by atoms with Crippen molar-refractivity contribution < 1.29 is 18.0 Å². The zero-order valence-corrected chi connectivity index (χ0v) is 21.9. The summed E-state index contributed by atoms with van der Waals surface area (Å²) in [5, 5.41) is 3.15. The largest absolute Gasteiger partial charge is 0.354 e. The molecule has 0 fully saturated rings. The van der Waals surface area contributed by atoms with Crippen molar-refractivity contribution in [3.63, 3.8) is 0 Å². The van der Waals surface area contributed by atoms with Crippen molar-refractivity contribution >= 4 is 39.1 Å². The first kappa shape index (κ1) is 27.2. The molecule has 0 saturated carbocycles. The number of benzene rings is 3. The number of carbonyl (C=O) groups is 2. The number of nitrogens with zero attached hydrogens (tertiary/aromatic N) is 2. The van der Waals surface area contributed by atoms with Crippen LogP contribution in [0.3, 0.4) is 0 Å². The van der Waals surface area contributed by atoms with Gasteiger partial charge in [0.25, 0.3) is 10.0 Å². The van der Waals surface area contributed by atoms with Crippen LogP contribution >= 0.6 is 11.6 Å². The molecule has 190 valence electrons. The highest BCUT2D eigenvalue weighted by Crippen LogP contribution is 2.26. The van der Waals surface area contributed by atoms with Gasteiger partial charge in [0, 0.05) is 18.1 Å². The van der Waals surface area contributed by atoms with Gasteiger partial charge in [-0.15, -0.1) is 0 Å². The normalized spacial score (nSPS) is 12.0. The van der Waals surface area contributed by atoms with Crippen molar-refractivity contribution in [1.29, 1.82) is 0 Å². The number of hydrogen-bond acceptors (Lipinski definition) is 4. The average Bonchev–Trinajstić information content (AvgIpc) is 2.89. The zero-order chi connectivity index (χ0) is 26.1. The molecule has 1 atom stereocenters. The summed E-state index contributed by atoms with van der Waals surface area (Å²) in [6.07, 6.45) is 0.753. The average molecular weight is 528 g/mol. The van der Waals surface area contributed by atoms with Crippen molar-refractivity contribution in [3.05, 3.63) is 95.5 Å². The minimum atomic E-state index is -4.11. The molecule has 0 unspecified atom stereocenters. The summed E-state index contributed by atoms with van der Waals surface area (Å²) in [7, 11) is -4.11. The van der Waals surface area contributed by atoms with Gasteiger partial charge in [0.2, 0.25) is 11.8 Å². The maximum absolute atomic E-state index is 13.7. The number of anilines is 1. The maximum atomic E-state index is 13.7. The van der Waals surface area contributed by atoms with E-state index in [2.05, 4.69) is 5.32 Å². The van der Waals surface area contributed by atoms with E-state index in [1.54, 1.807) is 43.3 Å². The second kappa shape index (κ2) is 12.6. The van der Waals surface area contributed by atoms with E-state index in [0.717, 1.165) is 16.3 Å². The smallest absolute Gasteiger partial charge is 0.264 e. The highest BCUT2D eigenvalue weighted by atomic mass is 35.5. The van der Waals surface area contributed by atoms with Crippen LogP contribution in [0.1, 0.15) is 25.8 Å². The van der Waals surface area contributed by atoms with Gasteiger partial charge in [-0.1, -0.05) is 73.1 Å². The Balaban J connectivity index is 1.99. The lowest BCUT2D eigenvalue weighted by atomic mass is 10.1. The summed E-state index contributed by atoms with van der Waals surface area (Å²) in [6, 6.07) is 22.7. The standard InChI is InChI=1S/C27H30ClN3O4S/c1-3-17-29-27(33)21(2)30(19-22-11-6-4-7-12-22)26(32)20-31(24-14-10-13-23(28)18-24)36(34,35)25-15-8-5-9-16-25/h4-16,18,21H,3,17,19-20H2,1-2H3,(H,29,33)/t21-/m0/s1. The molecule has 7 nitrogen and oxygen atoms in total. The zero-order valence-electron chi connectivity index (χ0n) is 20.3. The molecule has 0 aliphatic rings. The highest BCUT2D eigenvalue weighted by molar-refractivity contribution is 7.92. The molecule has 0 heterocycles. The molecule has 9 heteroatoms. The van der Waals surface area contributed by atoms with Gasteiger partial charge in [-0.3, -0.25) is 13.9 Å². The topological polar surface area (TPSA) is 86.8 Å². The Morgan fingerprint density at radius 1 is 0.944 bits per heavy atom. The van der Waals surface area contributed by atoms with Crippen LogP contribution in [-0.2, 0) is 26.2 Å². The molecular weight excluding hydrogens is 498 g/mol. The third-order valence-corrected chi connectivity index (χ3v) is 7.64. The first-order valence-electron chi connectivity index (χ1n) is 11.7. The van der Waals surface area contributed by atoms with Crippen LogP contribution in [-0.4, -0.2) is 44.3 Å². The molecule has 0 radical (unpaired) electrons. The third-order valence-electron chi connectivity index (χ3n) is 5.62. The molecule has 0 aliphatic heterocycles. The molecule has 0 saturated heterocycles. The van der Waals surface area contributed by atoms with Gasteiger partial charge in [-0.25, -0.2) is 8.42 Å². The summed E-state index contributed by atoms with van der Waals surface area (Å²) in [6.45, 7) is 3.70. The van der Waals surface area contributed by atoms with E-state index in [1.165, 1.54) is 23.1 Å². The number of carbonyl (C=O) groups excluding carboxylic acids is 2. The van der Waals surface area contributed by atoms with Gasteiger partial charge in [0.1, 0.15) is 12.6 Å². The van der Waals surface area contributed by atoms with Crippen molar-refractivity contribution in [2.75, 3.05) is 17.4 Å². The van der Waals surface area contributed by atoms with E-state index in [0.29, 0.717) is 11.6 Å². The second-order valence-corrected chi connectivity index (χ2v) is 10.6. The number of hydrogen-bond donors (Lipinski definition) is 1. The van der Waals surface area contributed by atoms with Gasteiger partial charge in [-0.05, 0) is 49.2 Å². The Labute approximate surface area is 217 Å². The predicted molar refractivity (Wildman–Crippen MR) is 142 cm³/mol. The predicted octanol–water partition coefficient (Wildman–Crippen LogP) is 4.48. The van der Waals surface area contributed by atoms with Crippen LogP contribution in [0.5, 0.6) is 0 Å². The van der Waals surface area contributed by atoms with Crippen LogP contribution in [0.2, 0.25) is 5.02 Å². The molecule has 3 aromatic rings. The van der Waals surface area contributed by atoms with E-state index < -0.39 is 28.5 Å². The van der Waals surface area contributed by atoms with Crippen molar-refractivity contribution in [1.82, 2.24) is 10.2 Å². The summed E-state index contributed by atoms with van der Waals surface area (Å²) < 4.78 is 28.3. The number of sulfonamides is 1. The molecule has 0 aliphatic carbocycles. The van der Waals surface area contributed by atoms with Crippen LogP contribution < -0.4 is 9.62 Å². The molecule has 0 bridgehead atoms. The van der Waals surface area contributed by atoms with Crippen molar-refractivity contribution in [3.8, 4) is 0 Å². The summed E-state index contributed by atoms with van der Waals surface area (Å²) in [4.78, 5) is 28.0. The van der Waals surface area contributed by atoms with Gasteiger partial charge < -0.3 is 10.2 Å². The van der Waals surface area contributed by atoms with Gasteiger partial charge >= 0.3 is 0 Å². The molecule has 1 N–H and O–H groups in total. The molecule has 36 heavy (non-hydrogen) atoms. The van der Waals surface area contributed by atoms with E-state index in [4.69, 9.17) is 11.6 Å². The Kier molecular flexibility index (Phi) is 9.50. The lowest BCUT2D eigenvalue weighted by molar-refractivity contribution is -0.139. The number of halogens is 1. The number of nitrogens with one attached hydrogen (secondary N) is 1. The lowest BCUT2D eigenvalue weighted by Gasteiger charge is -2.32. The van der Waals surface area contributed by atoms with Crippen LogP contribution in [0.15, 0.2) is 89.8 Å². The van der Waals surface area contributed by atoms with E-state index in [-0.39, 0.29) is 23.0 Å². The maximum Gasteiger partial charge on any atom is 0.264 e. The molecule has 0 aromatic heterocycles. The minimum Gasteiger partial charge on any atom is -0.354 e. The van der Waals surface area contributed by atoms with Gasteiger partial charge in [-0.2, -0.15) is 0 Å². The molecular formula is C27H30ClN3O4S. The number of rotatable bonds is 11. The summed E-state index contributed by atoms with van der Waals surface area (Å²) in [5.41, 5.74) is 1.07. The fourth-order valence-corrected chi connectivity index (χ4v) is 5.25. The fourth-order valence-electron chi connectivity index (χ4n) is 3.64. The lowest BCUT2D eigenvalue weighted by Crippen LogP contribution is -2.51. The second-order valence-electron chi connectivity index (χ2n) is 8.28. The van der Waals surface area contributed by atoms with Crippen molar-refractivity contribution in [2.45, 2.75) is 37.8 Å². The minimum absolute atomic E-state index is 0.0427. The Bertz CT molecular complexity index is 1270. The molecule has 3 rings (SSSR count). The Morgan fingerprint density at radius 3 is 2.19 bits per heavy atom. The Morgan fingerprint density at radius 2 is 1.58 bits per heavy atom.